The molecule has 0 bridgehead atoms. The van der Waals surface area contributed by atoms with Gasteiger partial charge in [0.15, 0.2) is 0 Å². The van der Waals surface area contributed by atoms with Crippen molar-refractivity contribution in [2.75, 3.05) is 11.0 Å². The van der Waals surface area contributed by atoms with Crippen LogP contribution in [-0.2, 0) is 6.18 Å². The summed E-state index contributed by atoms with van der Waals surface area (Å²) in [6.07, 6.45) is -4.80. The Bertz CT molecular complexity index is 419. The van der Waals surface area contributed by atoms with Crippen LogP contribution in [0.5, 0.6) is 0 Å². The van der Waals surface area contributed by atoms with E-state index < -0.39 is 23.5 Å². The highest BCUT2D eigenvalue weighted by Gasteiger charge is 2.34. The molecule has 0 aliphatic rings. The molecule has 0 heterocycles. The molecule has 0 unspecified atom stereocenters. The van der Waals surface area contributed by atoms with E-state index in [4.69, 9.17) is 0 Å². The number of amides is 1. The summed E-state index contributed by atoms with van der Waals surface area (Å²) in [6, 6.07) is 2.17. The van der Waals surface area contributed by atoms with Crippen molar-refractivity contribution in [2.24, 2.45) is 0 Å². The van der Waals surface area contributed by atoms with Gasteiger partial charge in [0, 0.05) is 16.5 Å². The highest BCUT2D eigenvalue weighted by molar-refractivity contribution is 14.1. The average molecular weight is 361 g/mol. The molecule has 0 fully saturated rings. The second kappa shape index (κ2) is 5.65. The van der Waals surface area contributed by atoms with E-state index in [-0.39, 0.29) is 5.56 Å². The topological polar surface area (TPSA) is 29.1 Å². The lowest BCUT2D eigenvalue weighted by Crippen LogP contribution is -2.25. The third-order valence-corrected chi connectivity index (χ3v) is 2.45. The van der Waals surface area contributed by atoms with Gasteiger partial charge in [-0.3, -0.25) is 4.79 Å². The van der Waals surface area contributed by atoms with Crippen LogP contribution in [0.15, 0.2) is 18.2 Å². The van der Waals surface area contributed by atoms with Crippen molar-refractivity contribution in [3.05, 3.63) is 35.1 Å². The minimum Gasteiger partial charge on any atom is -0.351 e. The van der Waals surface area contributed by atoms with Gasteiger partial charge >= 0.3 is 6.18 Å². The van der Waals surface area contributed by atoms with Crippen LogP contribution in [0, 0.1) is 5.82 Å². The molecule has 0 radical (unpaired) electrons. The zero-order valence-corrected chi connectivity index (χ0v) is 10.6. The summed E-state index contributed by atoms with van der Waals surface area (Å²) < 4.78 is 50.7. The van der Waals surface area contributed by atoms with E-state index in [2.05, 4.69) is 5.32 Å². The highest BCUT2D eigenvalue weighted by Crippen LogP contribution is 2.31. The van der Waals surface area contributed by atoms with Crippen molar-refractivity contribution in [3.63, 3.8) is 0 Å². The number of hydrogen-bond acceptors (Lipinski definition) is 1. The molecule has 0 aliphatic heterocycles. The van der Waals surface area contributed by atoms with E-state index in [0.29, 0.717) is 23.1 Å². The molecule has 17 heavy (non-hydrogen) atoms. The second-order valence-electron chi connectivity index (χ2n) is 3.14. The first-order valence-corrected chi connectivity index (χ1v) is 6.09. The lowest BCUT2D eigenvalue weighted by molar-refractivity contribution is -0.140. The summed E-state index contributed by atoms with van der Waals surface area (Å²) in [7, 11) is 0. The molecule has 1 rings (SSSR count). The van der Waals surface area contributed by atoms with Gasteiger partial charge in [-0.25, -0.2) is 4.39 Å². The van der Waals surface area contributed by atoms with E-state index in [1.807, 2.05) is 22.6 Å². The minimum atomic E-state index is -4.80. The van der Waals surface area contributed by atoms with Gasteiger partial charge in [-0.05, 0) is 18.2 Å². The molecule has 1 aromatic rings. The predicted octanol–water partition coefficient (Wildman–Crippen LogP) is 3.01. The smallest absolute Gasteiger partial charge is 0.351 e. The van der Waals surface area contributed by atoms with Crippen molar-refractivity contribution in [1.29, 1.82) is 0 Å². The monoisotopic (exact) mass is 361 g/mol. The fourth-order valence-electron chi connectivity index (χ4n) is 1.15. The number of rotatable bonds is 3. The van der Waals surface area contributed by atoms with Crippen LogP contribution in [0.4, 0.5) is 17.6 Å². The molecule has 0 atom stereocenters. The van der Waals surface area contributed by atoms with Crippen LogP contribution in [0.25, 0.3) is 0 Å². The number of benzene rings is 1. The predicted molar refractivity (Wildman–Crippen MR) is 62.6 cm³/mol. The molecule has 1 N–H and O–H groups in total. The Morgan fingerprint density at radius 2 is 2.00 bits per heavy atom. The van der Waals surface area contributed by atoms with E-state index in [9.17, 15) is 22.4 Å². The van der Waals surface area contributed by atoms with Crippen LogP contribution in [0.1, 0.15) is 15.9 Å². The lowest BCUT2D eigenvalue weighted by atomic mass is 10.1. The standard InChI is InChI=1S/C10H8F4INO/c11-8-2-1-6(9(17)16-4-3-15)5-7(8)10(12,13)14/h1-2,5H,3-4H2,(H,16,17). The van der Waals surface area contributed by atoms with Crippen LogP contribution < -0.4 is 5.32 Å². The van der Waals surface area contributed by atoms with Crippen molar-refractivity contribution < 1.29 is 22.4 Å². The van der Waals surface area contributed by atoms with Crippen molar-refractivity contribution in [3.8, 4) is 0 Å². The van der Waals surface area contributed by atoms with E-state index >= 15 is 0 Å². The normalized spacial score (nSPS) is 11.4. The third kappa shape index (κ3) is 3.83. The fraction of sp³-hybridized carbons (Fsp3) is 0.300. The first kappa shape index (κ1) is 14.2. The van der Waals surface area contributed by atoms with Gasteiger partial charge in [0.25, 0.3) is 5.91 Å². The van der Waals surface area contributed by atoms with Crippen molar-refractivity contribution in [1.82, 2.24) is 5.32 Å². The number of hydrogen-bond donors (Lipinski definition) is 1. The molecule has 0 aromatic heterocycles. The molecule has 0 aliphatic carbocycles. The fourth-order valence-corrected chi connectivity index (χ4v) is 1.42. The summed E-state index contributed by atoms with van der Waals surface area (Å²) in [4.78, 5) is 11.4. The number of nitrogens with one attached hydrogen (secondary N) is 1. The zero-order chi connectivity index (χ0) is 13.1. The summed E-state index contributed by atoms with van der Waals surface area (Å²) in [5, 5.41) is 2.41. The Morgan fingerprint density at radius 3 is 2.53 bits per heavy atom. The van der Waals surface area contributed by atoms with Gasteiger partial charge in [-0.2, -0.15) is 13.2 Å². The summed E-state index contributed by atoms with van der Waals surface area (Å²) >= 11 is 2.01. The number of halogens is 5. The van der Waals surface area contributed by atoms with Gasteiger partial charge < -0.3 is 5.32 Å². The molecule has 1 aromatic carbocycles. The number of carbonyl (C=O) groups is 1. The van der Waals surface area contributed by atoms with E-state index in [1.54, 1.807) is 0 Å². The van der Waals surface area contributed by atoms with Gasteiger partial charge in [-0.15, -0.1) is 0 Å². The molecule has 7 heteroatoms. The highest BCUT2D eigenvalue weighted by atomic mass is 127. The number of alkyl halides is 4. The van der Waals surface area contributed by atoms with Crippen molar-refractivity contribution >= 4 is 28.5 Å². The molecular weight excluding hydrogens is 353 g/mol. The maximum atomic E-state index is 12.9. The van der Waals surface area contributed by atoms with Crippen LogP contribution in [0.2, 0.25) is 0 Å². The van der Waals surface area contributed by atoms with Gasteiger partial charge in [-0.1, -0.05) is 22.6 Å². The van der Waals surface area contributed by atoms with E-state index in [0.717, 1.165) is 6.07 Å². The van der Waals surface area contributed by atoms with Crippen LogP contribution in [-0.4, -0.2) is 16.9 Å². The Morgan fingerprint density at radius 1 is 1.35 bits per heavy atom. The Labute approximate surface area is 109 Å². The quantitative estimate of drug-likeness (QED) is 0.501. The Hall–Kier alpha value is -0.860. The molecule has 0 saturated heterocycles. The van der Waals surface area contributed by atoms with Crippen LogP contribution in [0.3, 0.4) is 0 Å². The largest absolute Gasteiger partial charge is 0.419 e. The lowest BCUT2D eigenvalue weighted by Gasteiger charge is -2.10. The van der Waals surface area contributed by atoms with Gasteiger partial charge in [0.05, 0.1) is 5.56 Å². The SMILES string of the molecule is O=C(NCCI)c1ccc(F)c(C(F)(F)F)c1. The third-order valence-electron chi connectivity index (χ3n) is 1.91. The number of carbonyl (C=O) groups excluding carboxylic acids is 1. The Kier molecular flexibility index (Phi) is 4.72. The maximum Gasteiger partial charge on any atom is 0.419 e. The van der Waals surface area contributed by atoms with Gasteiger partial charge in [0.2, 0.25) is 0 Å². The summed E-state index contributed by atoms with van der Waals surface area (Å²) in [5.74, 6) is -2.03. The minimum absolute atomic E-state index is 0.205. The van der Waals surface area contributed by atoms with E-state index in [1.165, 1.54) is 0 Å². The molecule has 1 amide bonds. The van der Waals surface area contributed by atoms with Gasteiger partial charge in [0.1, 0.15) is 5.82 Å². The molecule has 2 nitrogen and oxygen atoms in total. The summed E-state index contributed by atoms with van der Waals surface area (Å²) in [5.41, 5.74) is -1.64. The Balaban J connectivity index is 3.00. The summed E-state index contributed by atoms with van der Waals surface area (Å²) in [6.45, 7) is 0.345. The molecular formula is C10H8F4INO. The van der Waals surface area contributed by atoms with Crippen LogP contribution >= 0.6 is 22.6 Å². The first-order chi connectivity index (χ1) is 7.86. The molecule has 0 spiro atoms. The molecule has 94 valence electrons. The average Bonchev–Trinajstić information content (AvgIpc) is 2.25. The first-order valence-electron chi connectivity index (χ1n) is 4.57. The zero-order valence-electron chi connectivity index (χ0n) is 8.44. The maximum absolute atomic E-state index is 12.9. The second-order valence-corrected chi connectivity index (χ2v) is 4.22. The molecule has 0 saturated carbocycles. The van der Waals surface area contributed by atoms with Crippen molar-refractivity contribution in [2.45, 2.75) is 6.18 Å².